The molecule has 0 saturated carbocycles. The maximum absolute atomic E-state index is 12.9. The quantitative estimate of drug-likeness (QED) is 0.358. The van der Waals surface area contributed by atoms with Gasteiger partial charge in [-0.2, -0.15) is 13.2 Å². The SMILES string of the molecule is O=C1N(Cc2ccccc2)CCN1c1cc(Cl)c(Oc2ncc(C(F)(F)F)cc2Cl)c(Cl)c1. The van der Waals surface area contributed by atoms with E-state index in [1.54, 1.807) is 4.90 Å². The van der Waals surface area contributed by atoms with Gasteiger partial charge in [-0.25, -0.2) is 9.78 Å². The summed E-state index contributed by atoms with van der Waals surface area (Å²) in [6.07, 6.45) is -4.00. The van der Waals surface area contributed by atoms with Crippen LogP contribution in [0.3, 0.4) is 0 Å². The molecule has 1 fully saturated rings. The first kappa shape index (κ1) is 23.5. The highest BCUT2D eigenvalue weighted by Gasteiger charge is 2.33. The molecule has 33 heavy (non-hydrogen) atoms. The Bertz CT molecular complexity index is 1170. The Morgan fingerprint density at radius 1 is 0.970 bits per heavy atom. The number of hydrogen-bond donors (Lipinski definition) is 0. The predicted octanol–water partition coefficient (Wildman–Crippen LogP) is 7.30. The Labute approximate surface area is 202 Å². The molecule has 5 nitrogen and oxygen atoms in total. The molecule has 3 aromatic rings. The first-order valence-electron chi connectivity index (χ1n) is 9.63. The van der Waals surface area contributed by atoms with Crippen molar-refractivity contribution in [2.75, 3.05) is 18.0 Å². The molecule has 4 rings (SSSR count). The molecule has 1 aliphatic heterocycles. The first-order valence-corrected chi connectivity index (χ1v) is 10.8. The molecule has 2 aromatic carbocycles. The van der Waals surface area contributed by atoms with Crippen LogP contribution in [0.5, 0.6) is 11.6 Å². The highest BCUT2D eigenvalue weighted by atomic mass is 35.5. The van der Waals surface area contributed by atoms with Crippen molar-refractivity contribution in [3.8, 4) is 11.6 Å². The van der Waals surface area contributed by atoms with Crippen LogP contribution in [-0.4, -0.2) is 29.0 Å². The van der Waals surface area contributed by atoms with Gasteiger partial charge in [0.25, 0.3) is 0 Å². The molecule has 11 heteroatoms. The van der Waals surface area contributed by atoms with E-state index in [0.717, 1.165) is 5.56 Å². The number of carbonyl (C=O) groups excluding carboxylic acids is 1. The summed E-state index contributed by atoms with van der Waals surface area (Å²) in [5.74, 6) is -0.323. The van der Waals surface area contributed by atoms with Crippen LogP contribution in [0.1, 0.15) is 11.1 Å². The number of carbonyl (C=O) groups is 1. The fourth-order valence-electron chi connectivity index (χ4n) is 3.32. The predicted molar refractivity (Wildman–Crippen MR) is 120 cm³/mol. The van der Waals surface area contributed by atoms with Crippen LogP contribution in [0.4, 0.5) is 23.7 Å². The molecule has 2 heterocycles. The Hall–Kier alpha value is -2.68. The van der Waals surface area contributed by atoms with Crippen molar-refractivity contribution in [1.82, 2.24) is 9.88 Å². The number of anilines is 1. The van der Waals surface area contributed by atoms with Crippen molar-refractivity contribution < 1.29 is 22.7 Å². The second-order valence-corrected chi connectivity index (χ2v) is 8.41. The Balaban J connectivity index is 1.53. The van der Waals surface area contributed by atoms with Gasteiger partial charge in [0.2, 0.25) is 5.88 Å². The fourth-order valence-corrected chi connectivity index (χ4v) is 4.08. The molecule has 2 amide bonds. The number of urea groups is 1. The van der Waals surface area contributed by atoms with E-state index >= 15 is 0 Å². The lowest BCUT2D eigenvalue weighted by Crippen LogP contribution is -2.31. The lowest BCUT2D eigenvalue weighted by molar-refractivity contribution is -0.137. The van der Waals surface area contributed by atoms with Gasteiger partial charge in [0.05, 0.1) is 15.6 Å². The number of ether oxygens (including phenoxy) is 1. The van der Waals surface area contributed by atoms with E-state index in [4.69, 9.17) is 39.5 Å². The molecule has 0 spiro atoms. The second-order valence-electron chi connectivity index (χ2n) is 7.19. The number of hydrogen-bond acceptors (Lipinski definition) is 3. The molecule has 1 aliphatic rings. The third-order valence-corrected chi connectivity index (χ3v) is 5.77. The van der Waals surface area contributed by atoms with E-state index in [0.29, 0.717) is 37.6 Å². The Morgan fingerprint density at radius 3 is 2.24 bits per heavy atom. The van der Waals surface area contributed by atoms with Crippen molar-refractivity contribution in [1.29, 1.82) is 0 Å². The lowest BCUT2D eigenvalue weighted by Gasteiger charge is -2.20. The number of benzene rings is 2. The topological polar surface area (TPSA) is 45.7 Å². The van der Waals surface area contributed by atoms with Crippen molar-refractivity contribution in [3.63, 3.8) is 0 Å². The Morgan fingerprint density at radius 2 is 1.64 bits per heavy atom. The van der Waals surface area contributed by atoms with Crippen LogP contribution < -0.4 is 9.64 Å². The molecular weight excluding hydrogens is 502 g/mol. The van der Waals surface area contributed by atoms with Gasteiger partial charge in [-0.1, -0.05) is 65.1 Å². The molecule has 1 aromatic heterocycles. The minimum atomic E-state index is -4.59. The molecule has 0 aliphatic carbocycles. The summed E-state index contributed by atoms with van der Waals surface area (Å²) in [7, 11) is 0. The van der Waals surface area contributed by atoms with Crippen molar-refractivity contribution in [2.24, 2.45) is 0 Å². The van der Waals surface area contributed by atoms with E-state index in [-0.39, 0.29) is 32.7 Å². The zero-order valence-corrected chi connectivity index (χ0v) is 19.0. The van der Waals surface area contributed by atoms with Gasteiger partial charge in [-0.3, -0.25) is 4.90 Å². The normalized spacial score (nSPS) is 14.2. The van der Waals surface area contributed by atoms with Gasteiger partial charge in [-0.15, -0.1) is 0 Å². The number of pyridine rings is 1. The van der Waals surface area contributed by atoms with Crippen LogP contribution in [0.15, 0.2) is 54.7 Å². The standard InChI is InChI=1S/C22H15Cl3F3N3O2/c23-16-9-15(31-7-6-30(21(31)32)12-13-4-2-1-3-5-13)10-17(24)19(16)33-20-18(25)8-14(11-29-20)22(26,27)28/h1-5,8-11H,6-7,12H2. The summed E-state index contributed by atoms with van der Waals surface area (Å²) in [5.41, 5.74) is 0.456. The van der Waals surface area contributed by atoms with Crippen molar-refractivity contribution >= 4 is 46.5 Å². The molecule has 0 N–H and O–H groups in total. The molecule has 0 radical (unpaired) electrons. The maximum Gasteiger partial charge on any atom is 0.417 e. The van der Waals surface area contributed by atoms with Crippen LogP contribution in [0.25, 0.3) is 0 Å². The van der Waals surface area contributed by atoms with Crippen LogP contribution in [-0.2, 0) is 12.7 Å². The average Bonchev–Trinajstić information content (AvgIpc) is 3.11. The molecular formula is C22H15Cl3F3N3O2. The van der Waals surface area contributed by atoms with Gasteiger partial charge in [0.15, 0.2) is 5.75 Å². The maximum atomic E-state index is 12.9. The molecule has 172 valence electrons. The second kappa shape index (κ2) is 9.29. The minimum Gasteiger partial charge on any atom is -0.434 e. The highest BCUT2D eigenvalue weighted by Crippen LogP contribution is 2.42. The van der Waals surface area contributed by atoms with Crippen molar-refractivity contribution in [3.05, 3.63) is 80.9 Å². The van der Waals surface area contributed by atoms with Gasteiger partial charge in [-0.05, 0) is 23.8 Å². The summed E-state index contributed by atoms with van der Waals surface area (Å²) in [6, 6.07) is 13.1. The molecule has 0 atom stereocenters. The highest BCUT2D eigenvalue weighted by molar-refractivity contribution is 6.38. The molecule has 0 bridgehead atoms. The Kier molecular flexibility index (Phi) is 6.61. The number of rotatable bonds is 5. The number of halogens is 6. The van der Waals surface area contributed by atoms with E-state index in [1.165, 1.54) is 17.0 Å². The number of amides is 2. The minimum absolute atomic E-state index is 0.0379. The van der Waals surface area contributed by atoms with E-state index in [2.05, 4.69) is 4.98 Å². The van der Waals surface area contributed by atoms with Gasteiger partial charge >= 0.3 is 12.2 Å². The van der Waals surface area contributed by atoms with E-state index < -0.39 is 11.7 Å². The zero-order valence-electron chi connectivity index (χ0n) is 16.7. The van der Waals surface area contributed by atoms with Gasteiger partial charge < -0.3 is 9.64 Å². The first-order chi connectivity index (χ1) is 15.6. The van der Waals surface area contributed by atoms with Crippen LogP contribution in [0.2, 0.25) is 15.1 Å². The van der Waals surface area contributed by atoms with E-state index in [9.17, 15) is 18.0 Å². The fraction of sp³-hybridized carbons (Fsp3) is 0.182. The van der Waals surface area contributed by atoms with Gasteiger partial charge in [0.1, 0.15) is 5.02 Å². The number of nitrogens with zero attached hydrogens (tertiary/aromatic N) is 3. The smallest absolute Gasteiger partial charge is 0.417 e. The zero-order chi connectivity index (χ0) is 23.8. The third kappa shape index (κ3) is 5.13. The molecule has 0 unspecified atom stereocenters. The van der Waals surface area contributed by atoms with E-state index in [1.807, 2.05) is 30.3 Å². The summed E-state index contributed by atoms with van der Waals surface area (Å²) < 4.78 is 43.9. The summed E-state index contributed by atoms with van der Waals surface area (Å²) >= 11 is 18.5. The third-order valence-electron chi connectivity index (χ3n) is 4.94. The summed E-state index contributed by atoms with van der Waals surface area (Å²) in [4.78, 5) is 19.7. The number of alkyl halides is 3. The average molecular weight is 517 g/mol. The van der Waals surface area contributed by atoms with Gasteiger partial charge in [0, 0.05) is 31.5 Å². The van der Waals surface area contributed by atoms with Crippen LogP contribution in [0, 0.1) is 0 Å². The number of aromatic nitrogens is 1. The lowest BCUT2D eigenvalue weighted by atomic mass is 10.2. The molecule has 1 saturated heterocycles. The van der Waals surface area contributed by atoms with Crippen LogP contribution >= 0.6 is 34.8 Å². The summed E-state index contributed by atoms with van der Waals surface area (Å²) in [6.45, 7) is 1.42. The van der Waals surface area contributed by atoms with Crippen molar-refractivity contribution in [2.45, 2.75) is 12.7 Å². The largest absolute Gasteiger partial charge is 0.434 e. The monoisotopic (exact) mass is 515 g/mol. The summed E-state index contributed by atoms with van der Waals surface area (Å²) in [5, 5.41) is -0.263.